The fraction of sp³-hybridized carbons (Fsp3) is 0.471. The second kappa shape index (κ2) is 7.20. The van der Waals surface area contributed by atoms with Crippen molar-refractivity contribution >= 4 is 11.8 Å². The molecule has 1 fully saturated rings. The smallest absolute Gasteiger partial charge is 0.274 e. The van der Waals surface area contributed by atoms with Crippen LogP contribution in [0, 0.1) is 0 Å². The molecule has 0 N–H and O–H groups in total. The van der Waals surface area contributed by atoms with Crippen LogP contribution < -0.4 is 0 Å². The number of aromatic nitrogens is 4. The fourth-order valence-electron chi connectivity index (χ4n) is 3.36. The predicted octanol–water partition coefficient (Wildman–Crippen LogP) is 0.814. The number of hydrogen-bond donors (Lipinski definition) is 0. The van der Waals surface area contributed by atoms with Crippen molar-refractivity contribution in [2.24, 2.45) is 0 Å². The maximum Gasteiger partial charge on any atom is 0.274 e. The van der Waals surface area contributed by atoms with Gasteiger partial charge in [0, 0.05) is 31.7 Å². The Morgan fingerprint density at radius 2 is 2.15 bits per heavy atom. The van der Waals surface area contributed by atoms with Gasteiger partial charge in [-0.25, -0.2) is 10.0 Å². The molecule has 9 heteroatoms. The molecule has 4 rings (SSSR count). The van der Waals surface area contributed by atoms with E-state index in [1.165, 1.54) is 23.7 Å². The molecule has 1 saturated heterocycles. The first-order chi connectivity index (χ1) is 12.7. The first-order valence-corrected chi connectivity index (χ1v) is 8.73. The molecule has 2 aliphatic heterocycles. The van der Waals surface area contributed by atoms with Gasteiger partial charge in [-0.15, -0.1) is 0 Å². The lowest BCUT2D eigenvalue weighted by atomic mass is 10.1. The van der Waals surface area contributed by atoms with E-state index in [2.05, 4.69) is 15.1 Å². The third-order valence-corrected chi connectivity index (χ3v) is 4.64. The maximum absolute atomic E-state index is 12.7. The van der Waals surface area contributed by atoms with E-state index in [4.69, 9.17) is 4.84 Å². The van der Waals surface area contributed by atoms with Crippen LogP contribution in [0.1, 0.15) is 41.5 Å². The van der Waals surface area contributed by atoms with Gasteiger partial charge in [-0.05, 0) is 18.9 Å². The lowest BCUT2D eigenvalue weighted by Crippen LogP contribution is -2.44. The molecule has 2 amide bonds. The van der Waals surface area contributed by atoms with E-state index in [9.17, 15) is 9.59 Å². The van der Waals surface area contributed by atoms with Crippen LogP contribution in [0.3, 0.4) is 0 Å². The summed E-state index contributed by atoms with van der Waals surface area (Å²) in [5.74, 6) is -0.276. The average Bonchev–Trinajstić information content (AvgIpc) is 3.17. The van der Waals surface area contributed by atoms with Gasteiger partial charge < -0.3 is 4.90 Å². The third-order valence-electron chi connectivity index (χ3n) is 4.64. The van der Waals surface area contributed by atoms with Crippen molar-refractivity contribution in [3.63, 3.8) is 0 Å². The van der Waals surface area contributed by atoms with Crippen molar-refractivity contribution in [1.82, 2.24) is 29.7 Å². The summed E-state index contributed by atoms with van der Waals surface area (Å²) >= 11 is 0. The van der Waals surface area contributed by atoms with Gasteiger partial charge in [-0.2, -0.15) is 5.10 Å². The minimum Gasteiger partial charge on any atom is -0.329 e. The zero-order valence-corrected chi connectivity index (χ0v) is 14.3. The molecular formula is C17H20N6O3. The highest BCUT2D eigenvalue weighted by atomic mass is 16.7. The van der Waals surface area contributed by atoms with Crippen LogP contribution in [0.2, 0.25) is 0 Å². The van der Waals surface area contributed by atoms with E-state index in [1.54, 1.807) is 11.1 Å². The van der Waals surface area contributed by atoms with Gasteiger partial charge in [-0.3, -0.25) is 24.1 Å². The number of amides is 2. The normalized spacial score (nSPS) is 19.9. The minimum absolute atomic E-state index is 0.0787. The van der Waals surface area contributed by atoms with Crippen molar-refractivity contribution < 1.29 is 14.4 Å². The van der Waals surface area contributed by atoms with E-state index < -0.39 is 0 Å². The maximum atomic E-state index is 12.7. The first-order valence-electron chi connectivity index (χ1n) is 8.73. The topological polar surface area (TPSA) is 93.5 Å². The number of hydrogen-bond acceptors (Lipinski definition) is 6. The Bertz CT molecular complexity index is 787. The lowest BCUT2D eigenvalue weighted by molar-refractivity contribution is -0.198. The summed E-state index contributed by atoms with van der Waals surface area (Å²) in [5.41, 5.74) is 1.19. The highest BCUT2D eigenvalue weighted by Crippen LogP contribution is 2.25. The summed E-state index contributed by atoms with van der Waals surface area (Å²) < 4.78 is 1.84. The monoisotopic (exact) mass is 356 g/mol. The summed E-state index contributed by atoms with van der Waals surface area (Å²) in [4.78, 5) is 40.5. The molecule has 0 radical (unpaired) electrons. The molecule has 26 heavy (non-hydrogen) atoms. The zero-order chi connectivity index (χ0) is 17.9. The molecule has 9 nitrogen and oxygen atoms in total. The molecule has 0 aromatic carbocycles. The summed E-state index contributed by atoms with van der Waals surface area (Å²) in [7, 11) is 0. The number of rotatable bonds is 3. The first kappa shape index (κ1) is 16.6. The second-order valence-corrected chi connectivity index (χ2v) is 6.44. The Hall–Kier alpha value is -2.81. The summed E-state index contributed by atoms with van der Waals surface area (Å²) in [6, 6.07) is 1.64. The standard InChI is InChI=1S/C17H20N6O3/c24-16(22-7-1-2-8-26-22)9-14-12-21(11-13-3-4-20-23(13)14)17(25)15-10-18-5-6-19-15/h3-6,10,14H,1-2,7-9,11-12H2. The van der Waals surface area contributed by atoms with Crippen LogP contribution in [-0.2, 0) is 16.2 Å². The molecule has 0 bridgehead atoms. The van der Waals surface area contributed by atoms with E-state index in [0.717, 1.165) is 18.5 Å². The Labute approximate surface area is 150 Å². The molecule has 0 saturated carbocycles. The summed E-state index contributed by atoms with van der Waals surface area (Å²) in [6.07, 6.45) is 8.32. The van der Waals surface area contributed by atoms with Gasteiger partial charge in [0.1, 0.15) is 5.69 Å². The van der Waals surface area contributed by atoms with Crippen LogP contribution in [-0.4, -0.2) is 61.2 Å². The van der Waals surface area contributed by atoms with E-state index in [1.807, 2.05) is 10.7 Å². The molecule has 4 heterocycles. The second-order valence-electron chi connectivity index (χ2n) is 6.44. The number of fused-ring (bicyclic) bond motifs is 1. The molecule has 2 aromatic heterocycles. The highest BCUT2D eigenvalue weighted by molar-refractivity contribution is 5.92. The molecule has 2 aliphatic rings. The van der Waals surface area contributed by atoms with Gasteiger partial charge in [0.25, 0.3) is 5.91 Å². The largest absolute Gasteiger partial charge is 0.329 e. The average molecular weight is 356 g/mol. The molecule has 2 aromatic rings. The molecule has 1 atom stereocenters. The van der Waals surface area contributed by atoms with Gasteiger partial charge in [0.2, 0.25) is 5.91 Å². The molecule has 136 valence electrons. The zero-order valence-electron chi connectivity index (χ0n) is 14.3. The van der Waals surface area contributed by atoms with Crippen LogP contribution >= 0.6 is 0 Å². The third kappa shape index (κ3) is 3.30. The number of carbonyl (C=O) groups excluding carboxylic acids is 2. The summed E-state index contributed by atoms with van der Waals surface area (Å²) in [6.45, 7) is 2.00. The Morgan fingerprint density at radius 1 is 1.23 bits per heavy atom. The Balaban J connectivity index is 1.51. The van der Waals surface area contributed by atoms with Crippen molar-refractivity contribution in [3.05, 3.63) is 42.2 Å². The van der Waals surface area contributed by atoms with Crippen LogP contribution in [0.15, 0.2) is 30.9 Å². The van der Waals surface area contributed by atoms with Gasteiger partial charge in [-0.1, -0.05) is 0 Å². The quantitative estimate of drug-likeness (QED) is 0.808. The molecule has 1 unspecified atom stereocenters. The summed E-state index contributed by atoms with van der Waals surface area (Å²) in [5, 5.41) is 5.78. The molecule has 0 spiro atoms. The SMILES string of the molecule is O=C(c1cnccn1)N1Cc2ccnn2C(CC(=O)N2CCCCO2)C1. The lowest BCUT2D eigenvalue weighted by Gasteiger charge is -2.34. The van der Waals surface area contributed by atoms with Crippen molar-refractivity contribution in [1.29, 1.82) is 0 Å². The van der Waals surface area contributed by atoms with Crippen molar-refractivity contribution in [2.75, 3.05) is 19.7 Å². The van der Waals surface area contributed by atoms with Gasteiger partial charge in [0.15, 0.2) is 0 Å². The van der Waals surface area contributed by atoms with Gasteiger partial charge in [0.05, 0.1) is 37.5 Å². The Kier molecular flexibility index (Phi) is 4.61. The number of hydroxylamine groups is 2. The Morgan fingerprint density at radius 3 is 2.92 bits per heavy atom. The minimum atomic E-state index is -0.229. The van der Waals surface area contributed by atoms with Gasteiger partial charge >= 0.3 is 0 Å². The van der Waals surface area contributed by atoms with E-state index in [0.29, 0.717) is 31.9 Å². The van der Waals surface area contributed by atoms with E-state index >= 15 is 0 Å². The number of carbonyl (C=O) groups is 2. The fourth-order valence-corrected chi connectivity index (χ4v) is 3.36. The molecular weight excluding hydrogens is 336 g/mol. The van der Waals surface area contributed by atoms with Crippen LogP contribution in [0.4, 0.5) is 0 Å². The van der Waals surface area contributed by atoms with Crippen molar-refractivity contribution in [3.8, 4) is 0 Å². The van der Waals surface area contributed by atoms with Crippen molar-refractivity contribution in [2.45, 2.75) is 31.8 Å². The number of nitrogens with zero attached hydrogens (tertiary/aromatic N) is 6. The van der Waals surface area contributed by atoms with Crippen LogP contribution in [0.5, 0.6) is 0 Å². The van der Waals surface area contributed by atoms with E-state index in [-0.39, 0.29) is 24.3 Å². The predicted molar refractivity (Wildman–Crippen MR) is 89.6 cm³/mol. The highest BCUT2D eigenvalue weighted by Gasteiger charge is 2.32. The molecule has 0 aliphatic carbocycles. The van der Waals surface area contributed by atoms with Crippen LogP contribution in [0.25, 0.3) is 0 Å².